The molecule has 2 N–H and O–H groups in total. The largest absolute Gasteiger partial charge is 0.497 e. The lowest BCUT2D eigenvalue weighted by molar-refractivity contribution is -0.113. The summed E-state index contributed by atoms with van der Waals surface area (Å²) in [5.41, 5.74) is 1.13. The van der Waals surface area contributed by atoms with E-state index in [-0.39, 0.29) is 24.1 Å². The highest BCUT2D eigenvalue weighted by Crippen LogP contribution is 2.19. The molecule has 3 aromatic rings. The molecule has 0 saturated heterocycles. The monoisotopic (exact) mass is 471 g/mol. The van der Waals surface area contributed by atoms with Gasteiger partial charge >= 0.3 is 0 Å². The number of carbonyl (C=O) groups is 2. The molecule has 0 aliphatic carbocycles. The zero-order chi connectivity index (χ0) is 22.9. The van der Waals surface area contributed by atoms with Crippen LogP contribution < -0.4 is 15.4 Å². The van der Waals surface area contributed by atoms with Crippen molar-refractivity contribution in [2.45, 2.75) is 18.2 Å². The first-order chi connectivity index (χ1) is 15.5. The van der Waals surface area contributed by atoms with Gasteiger partial charge in [0.15, 0.2) is 11.0 Å². The fraction of sp³-hybridized carbons (Fsp3) is 0.182. The van der Waals surface area contributed by atoms with Crippen molar-refractivity contribution in [3.8, 4) is 5.75 Å². The first kappa shape index (κ1) is 23.4. The predicted octanol–water partition coefficient (Wildman–Crippen LogP) is 3.79. The molecule has 2 amide bonds. The summed E-state index contributed by atoms with van der Waals surface area (Å²) in [6, 6.07) is 13.8. The fourth-order valence-corrected chi connectivity index (χ4v) is 3.72. The van der Waals surface area contributed by atoms with Gasteiger partial charge in [-0.1, -0.05) is 35.5 Å². The molecular formula is C22H22ClN5O3S. The highest BCUT2D eigenvalue weighted by molar-refractivity contribution is 7.99. The van der Waals surface area contributed by atoms with E-state index < -0.39 is 0 Å². The van der Waals surface area contributed by atoms with Gasteiger partial charge < -0.3 is 19.9 Å². The van der Waals surface area contributed by atoms with Crippen molar-refractivity contribution in [2.24, 2.45) is 0 Å². The third kappa shape index (κ3) is 6.35. The fourth-order valence-electron chi connectivity index (χ4n) is 2.76. The topological polar surface area (TPSA) is 98.1 Å². The van der Waals surface area contributed by atoms with E-state index in [1.165, 1.54) is 11.8 Å². The number of methoxy groups -OCH3 is 1. The summed E-state index contributed by atoms with van der Waals surface area (Å²) < 4.78 is 6.91. The van der Waals surface area contributed by atoms with Gasteiger partial charge in [0.25, 0.3) is 5.91 Å². The van der Waals surface area contributed by atoms with E-state index in [0.717, 1.165) is 0 Å². The third-order valence-electron chi connectivity index (χ3n) is 4.31. The molecule has 2 aromatic carbocycles. The molecule has 1 aromatic heterocycles. The highest BCUT2D eigenvalue weighted by Gasteiger charge is 2.15. The summed E-state index contributed by atoms with van der Waals surface area (Å²) in [6.45, 7) is 4.37. The van der Waals surface area contributed by atoms with Gasteiger partial charge in [0.1, 0.15) is 5.75 Å². The number of ether oxygens (including phenoxy) is 1. The molecule has 0 radical (unpaired) electrons. The van der Waals surface area contributed by atoms with Crippen molar-refractivity contribution in [3.63, 3.8) is 0 Å². The number of aromatic nitrogens is 3. The molecular weight excluding hydrogens is 450 g/mol. The van der Waals surface area contributed by atoms with Crippen LogP contribution in [0.1, 0.15) is 16.2 Å². The number of benzene rings is 2. The van der Waals surface area contributed by atoms with Crippen LogP contribution in [-0.2, 0) is 17.9 Å². The second kappa shape index (κ2) is 11.4. The molecule has 0 atom stereocenters. The maximum atomic E-state index is 12.4. The van der Waals surface area contributed by atoms with Crippen LogP contribution in [0.2, 0.25) is 5.02 Å². The standard InChI is InChI=1S/C22H22ClN5O3S/c1-3-11-28-19(13-24-21(30)15-5-4-6-16(23)12-15)26-27-22(28)32-14-20(29)25-17-7-9-18(31-2)10-8-17/h3-10,12H,1,11,13-14H2,2H3,(H,24,30)(H,25,29). The van der Waals surface area contributed by atoms with Crippen molar-refractivity contribution in [1.29, 1.82) is 0 Å². The number of thioether (sulfide) groups is 1. The van der Waals surface area contributed by atoms with Crippen LogP contribution in [0.15, 0.2) is 66.3 Å². The molecule has 0 aliphatic heterocycles. The number of nitrogens with one attached hydrogen (secondary N) is 2. The minimum Gasteiger partial charge on any atom is -0.497 e. The van der Waals surface area contributed by atoms with Gasteiger partial charge in [0, 0.05) is 22.8 Å². The summed E-state index contributed by atoms with van der Waals surface area (Å²) in [5.74, 6) is 0.969. The summed E-state index contributed by atoms with van der Waals surface area (Å²) in [7, 11) is 1.58. The number of hydrogen-bond acceptors (Lipinski definition) is 6. The number of hydrogen-bond donors (Lipinski definition) is 2. The Morgan fingerprint density at radius 3 is 2.69 bits per heavy atom. The van der Waals surface area contributed by atoms with Crippen molar-refractivity contribution in [1.82, 2.24) is 20.1 Å². The molecule has 0 spiro atoms. The van der Waals surface area contributed by atoms with Crippen LogP contribution in [0.5, 0.6) is 5.75 Å². The van der Waals surface area contributed by atoms with Crippen LogP contribution in [-0.4, -0.2) is 39.4 Å². The van der Waals surface area contributed by atoms with E-state index in [1.54, 1.807) is 66.3 Å². The molecule has 3 rings (SSSR count). The Hall–Kier alpha value is -3.30. The first-order valence-corrected chi connectivity index (χ1v) is 11.0. The van der Waals surface area contributed by atoms with Gasteiger partial charge in [-0.05, 0) is 42.5 Å². The number of anilines is 1. The molecule has 0 aliphatic rings. The minimum atomic E-state index is -0.270. The predicted molar refractivity (Wildman–Crippen MR) is 125 cm³/mol. The number of rotatable bonds is 10. The Labute approximate surface area is 195 Å². The summed E-state index contributed by atoms with van der Waals surface area (Å²) in [6.07, 6.45) is 1.70. The van der Waals surface area contributed by atoms with E-state index in [1.807, 2.05) is 0 Å². The van der Waals surface area contributed by atoms with Crippen molar-refractivity contribution < 1.29 is 14.3 Å². The normalized spacial score (nSPS) is 10.4. The molecule has 166 valence electrons. The molecule has 10 heteroatoms. The van der Waals surface area contributed by atoms with Crippen LogP contribution in [0.3, 0.4) is 0 Å². The zero-order valence-corrected chi connectivity index (χ0v) is 18.9. The number of nitrogens with zero attached hydrogens (tertiary/aromatic N) is 3. The first-order valence-electron chi connectivity index (χ1n) is 9.63. The zero-order valence-electron chi connectivity index (χ0n) is 17.4. The summed E-state index contributed by atoms with van der Waals surface area (Å²) >= 11 is 7.19. The Morgan fingerprint density at radius 1 is 1.22 bits per heavy atom. The summed E-state index contributed by atoms with van der Waals surface area (Å²) in [4.78, 5) is 24.7. The van der Waals surface area contributed by atoms with E-state index in [4.69, 9.17) is 16.3 Å². The van der Waals surface area contributed by atoms with Gasteiger partial charge in [0.05, 0.1) is 19.4 Å². The second-order valence-corrected chi connectivity index (χ2v) is 7.94. The number of halogens is 1. The smallest absolute Gasteiger partial charge is 0.251 e. The third-order valence-corrected chi connectivity index (χ3v) is 5.51. The Kier molecular flexibility index (Phi) is 8.29. The molecule has 0 fully saturated rings. The Morgan fingerprint density at radius 2 is 2.00 bits per heavy atom. The molecule has 8 nitrogen and oxygen atoms in total. The van der Waals surface area contributed by atoms with Gasteiger partial charge in [0.2, 0.25) is 5.91 Å². The molecule has 32 heavy (non-hydrogen) atoms. The average molecular weight is 472 g/mol. The van der Waals surface area contributed by atoms with E-state index in [9.17, 15) is 9.59 Å². The van der Waals surface area contributed by atoms with E-state index >= 15 is 0 Å². The quantitative estimate of drug-likeness (QED) is 0.345. The number of allylic oxidation sites excluding steroid dienone is 1. The lowest BCUT2D eigenvalue weighted by atomic mass is 10.2. The highest BCUT2D eigenvalue weighted by atomic mass is 35.5. The van der Waals surface area contributed by atoms with Crippen molar-refractivity contribution in [2.75, 3.05) is 18.2 Å². The maximum absolute atomic E-state index is 12.4. The second-order valence-electron chi connectivity index (χ2n) is 6.56. The molecule has 0 bridgehead atoms. The van der Waals surface area contributed by atoms with Crippen LogP contribution in [0, 0.1) is 0 Å². The van der Waals surface area contributed by atoms with E-state index in [0.29, 0.717) is 39.5 Å². The minimum absolute atomic E-state index is 0.149. The molecule has 1 heterocycles. The SMILES string of the molecule is C=CCn1c(CNC(=O)c2cccc(Cl)c2)nnc1SCC(=O)Nc1ccc(OC)cc1. The summed E-state index contributed by atoms with van der Waals surface area (Å²) in [5, 5.41) is 15.0. The molecule has 0 unspecified atom stereocenters. The van der Waals surface area contributed by atoms with Gasteiger partial charge in [-0.25, -0.2) is 0 Å². The lowest BCUT2D eigenvalue weighted by Gasteiger charge is -2.09. The van der Waals surface area contributed by atoms with Gasteiger partial charge in [-0.2, -0.15) is 0 Å². The maximum Gasteiger partial charge on any atom is 0.251 e. The van der Waals surface area contributed by atoms with Crippen molar-refractivity contribution >= 4 is 40.9 Å². The molecule has 0 saturated carbocycles. The van der Waals surface area contributed by atoms with Crippen LogP contribution in [0.4, 0.5) is 5.69 Å². The number of amides is 2. The Bertz CT molecular complexity index is 1100. The van der Waals surface area contributed by atoms with Crippen LogP contribution in [0.25, 0.3) is 0 Å². The van der Waals surface area contributed by atoms with Crippen molar-refractivity contribution in [3.05, 3.63) is 77.6 Å². The van der Waals surface area contributed by atoms with E-state index in [2.05, 4.69) is 27.4 Å². The average Bonchev–Trinajstić information content (AvgIpc) is 3.18. The van der Waals surface area contributed by atoms with Gasteiger partial charge in [-0.3, -0.25) is 9.59 Å². The van der Waals surface area contributed by atoms with Gasteiger partial charge in [-0.15, -0.1) is 16.8 Å². The number of carbonyl (C=O) groups excluding carboxylic acids is 2. The lowest BCUT2D eigenvalue weighted by Crippen LogP contribution is -2.24. The Balaban J connectivity index is 1.59. The van der Waals surface area contributed by atoms with Crippen LogP contribution >= 0.6 is 23.4 Å².